The maximum Gasteiger partial charge on any atom is 0.484 e. The summed E-state index contributed by atoms with van der Waals surface area (Å²) in [5, 5.41) is 0. The lowest BCUT2D eigenvalue weighted by Crippen LogP contribution is -2.27. The van der Waals surface area contributed by atoms with Gasteiger partial charge in [0, 0.05) is 32.5 Å². The molecule has 25 heavy (non-hydrogen) atoms. The zero-order valence-electron chi connectivity index (χ0n) is 16.8. The fourth-order valence-corrected chi connectivity index (χ4v) is 3.24. The molecule has 0 bridgehead atoms. The molecule has 0 saturated heterocycles. The monoisotopic (exact) mass is 394 g/mol. The van der Waals surface area contributed by atoms with Crippen molar-refractivity contribution in [1.82, 2.24) is 0 Å². The Morgan fingerprint density at radius 1 is 1.00 bits per heavy atom. The van der Waals surface area contributed by atoms with Gasteiger partial charge < -0.3 is 22.4 Å². The Kier molecular flexibility index (Phi) is 32.5. The minimum absolute atomic E-state index is 0.340. The number of hydrogen-bond donors (Lipinski definition) is 0. The van der Waals surface area contributed by atoms with Crippen LogP contribution >= 0.6 is 0 Å². The first-order valence-electron chi connectivity index (χ1n) is 8.86. The summed E-state index contributed by atoms with van der Waals surface area (Å²) in [7, 11) is -2.09. The number of esters is 1. The number of allylic oxidation sites excluding steroid dienone is 1. The normalized spacial score (nSPS) is 9.84. The Labute approximate surface area is 158 Å². The fourth-order valence-electron chi connectivity index (χ4n) is 1.23. The van der Waals surface area contributed by atoms with Gasteiger partial charge in [0.1, 0.15) is 0 Å². The highest BCUT2D eigenvalue weighted by molar-refractivity contribution is 6.36. The van der Waals surface area contributed by atoms with Gasteiger partial charge >= 0.3 is 15.5 Å². The Hall–Kier alpha value is -0.776. The molecule has 150 valence electrons. The van der Waals surface area contributed by atoms with Crippen molar-refractivity contribution in [2.45, 2.75) is 47.1 Å². The lowest BCUT2D eigenvalue weighted by molar-refractivity contribution is -0.137. The van der Waals surface area contributed by atoms with Gasteiger partial charge in [-0.2, -0.15) is 0 Å². The molecule has 0 aromatic carbocycles. The van der Waals surface area contributed by atoms with E-state index in [0.717, 1.165) is 19.1 Å². The molecule has 0 unspecified atom stereocenters. The molecule has 0 aliphatic carbocycles. The molecule has 0 amide bonds. The predicted molar refractivity (Wildman–Crippen MR) is 109 cm³/mol. The third-order valence-corrected chi connectivity index (χ3v) is 5.51. The van der Waals surface area contributed by atoms with Crippen molar-refractivity contribution in [3.05, 3.63) is 25.3 Å². The molecular weight excluding hydrogens is 356 g/mol. The summed E-state index contributed by atoms with van der Waals surface area (Å²) >= 11 is 0. The van der Waals surface area contributed by atoms with Crippen molar-refractivity contribution in [2.24, 2.45) is 0 Å². The minimum Gasteiger partial charge on any atom is -0.463 e. The third-order valence-electron chi connectivity index (χ3n) is 2.21. The summed E-state index contributed by atoms with van der Waals surface area (Å²) in [6.45, 7) is 19.7. The highest BCUT2D eigenvalue weighted by Gasteiger charge is 2.11. The Morgan fingerprint density at radius 3 is 1.84 bits per heavy atom. The second kappa shape index (κ2) is 28.0. The Bertz CT molecular complexity index is 276. The third kappa shape index (κ3) is 31.5. The summed E-state index contributed by atoms with van der Waals surface area (Å²) in [5.41, 5.74) is 0. The molecule has 0 atom stereocenters. The molecule has 0 heterocycles. The Morgan fingerprint density at radius 2 is 1.48 bits per heavy atom. The first-order valence-corrected chi connectivity index (χ1v) is 11.8. The van der Waals surface area contributed by atoms with Crippen LogP contribution in [-0.2, 0) is 27.2 Å². The lowest BCUT2D eigenvalue weighted by Gasteiger charge is -2.12. The van der Waals surface area contributed by atoms with E-state index in [4.69, 9.17) is 22.4 Å². The summed E-state index contributed by atoms with van der Waals surface area (Å²) in [4.78, 5) is 10.5. The van der Waals surface area contributed by atoms with Gasteiger partial charge in [0.05, 0.1) is 6.61 Å². The Balaban J connectivity index is -0.000000338. The second-order valence-corrected chi connectivity index (χ2v) is 7.44. The van der Waals surface area contributed by atoms with Gasteiger partial charge in [-0.25, -0.2) is 4.79 Å². The van der Waals surface area contributed by atoms with Gasteiger partial charge in [-0.1, -0.05) is 12.7 Å². The largest absolute Gasteiger partial charge is 0.484 e. The first kappa shape index (κ1) is 29.0. The molecular formula is C17H38O6Si2. The maximum absolute atomic E-state index is 10.5. The number of hydrogen-bond acceptors (Lipinski definition) is 6. The van der Waals surface area contributed by atoms with E-state index in [-0.39, 0.29) is 15.7 Å². The average molecular weight is 395 g/mol. The number of carbonyl (C=O) groups excluding carboxylic acids is 1. The molecule has 6 nitrogen and oxygen atoms in total. The van der Waals surface area contributed by atoms with Crippen LogP contribution in [0.25, 0.3) is 0 Å². The van der Waals surface area contributed by atoms with E-state index in [9.17, 15) is 4.79 Å². The second-order valence-electron chi connectivity index (χ2n) is 4.34. The van der Waals surface area contributed by atoms with E-state index in [2.05, 4.69) is 13.2 Å². The van der Waals surface area contributed by atoms with Gasteiger partial charge in [0.15, 0.2) is 9.76 Å². The van der Waals surface area contributed by atoms with E-state index in [1.54, 1.807) is 6.08 Å². The van der Waals surface area contributed by atoms with Crippen LogP contribution < -0.4 is 0 Å². The number of carbonyl (C=O) groups is 1. The smallest absolute Gasteiger partial charge is 0.463 e. The van der Waals surface area contributed by atoms with Gasteiger partial charge in [-0.3, -0.25) is 0 Å². The standard InChI is InChI=1S/C8H16O3Si.C6H16O3Si.C3H6/c1-3-8(9)10-6-5-7-12-11-4-2;1-4-7-10(8-5-2)9-6-3;1-3-2/h3H,1,4-7,12H2,2H3;10H,4-6H2,1-3H3;3H,1H2,2H3. The fraction of sp³-hybridized carbons (Fsp3) is 0.706. The van der Waals surface area contributed by atoms with E-state index in [1.807, 2.05) is 34.6 Å². The minimum atomic E-state index is -1.73. The van der Waals surface area contributed by atoms with Crippen LogP contribution in [0.5, 0.6) is 0 Å². The van der Waals surface area contributed by atoms with E-state index in [1.165, 1.54) is 6.08 Å². The van der Waals surface area contributed by atoms with Crippen LogP contribution in [-0.4, -0.2) is 58.3 Å². The van der Waals surface area contributed by atoms with Gasteiger partial charge in [-0.05, 0) is 47.1 Å². The molecule has 0 aromatic rings. The van der Waals surface area contributed by atoms with Gasteiger partial charge in [0.2, 0.25) is 0 Å². The van der Waals surface area contributed by atoms with Gasteiger partial charge in [0.25, 0.3) is 0 Å². The number of rotatable bonds is 13. The lowest BCUT2D eigenvalue weighted by atomic mass is 10.5. The highest BCUT2D eigenvalue weighted by Crippen LogP contribution is 1.92. The van der Waals surface area contributed by atoms with E-state index in [0.29, 0.717) is 26.4 Å². The molecule has 0 rings (SSSR count). The average Bonchev–Trinajstić information content (AvgIpc) is 2.60. The van der Waals surface area contributed by atoms with Crippen molar-refractivity contribution in [3.63, 3.8) is 0 Å². The predicted octanol–water partition coefficient (Wildman–Crippen LogP) is 2.65. The van der Waals surface area contributed by atoms with Crippen molar-refractivity contribution in [2.75, 3.05) is 33.0 Å². The molecule has 0 spiro atoms. The van der Waals surface area contributed by atoms with Crippen LogP contribution in [0.4, 0.5) is 0 Å². The van der Waals surface area contributed by atoms with E-state index >= 15 is 0 Å². The molecule has 0 saturated carbocycles. The molecule has 8 heteroatoms. The zero-order chi connectivity index (χ0) is 19.8. The van der Waals surface area contributed by atoms with Crippen LogP contribution in [0.1, 0.15) is 41.0 Å². The molecule has 0 aromatic heterocycles. The zero-order valence-corrected chi connectivity index (χ0v) is 19.3. The molecule has 0 radical (unpaired) electrons. The van der Waals surface area contributed by atoms with Crippen molar-refractivity contribution >= 4 is 25.3 Å². The summed E-state index contributed by atoms with van der Waals surface area (Å²) in [6.07, 6.45) is 3.84. The highest BCUT2D eigenvalue weighted by atomic mass is 28.3. The van der Waals surface area contributed by atoms with Crippen molar-refractivity contribution < 1.29 is 27.2 Å². The van der Waals surface area contributed by atoms with Crippen LogP contribution in [0.15, 0.2) is 25.3 Å². The topological polar surface area (TPSA) is 63.2 Å². The molecule has 0 aliphatic rings. The molecule has 0 fully saturated rings. The maximum atomic E-state index is 10.5. The van der Waals surface area contributed by atoms with Crippen molar-refractivity contribution in [3.8, 4) is 0 Å². The number of ether oxygens (including phenoxy) is 1. The van der Waals surface area contributed by atoms with Crippen LogP contribution in [0, 0.1) is 0 Å². The summed E-state index contributed by atoms with van der Waals surface area (Å²) < 4.78 is 25.7. The summed E-state index contributed by atoms with van der Waals surface area (Å²) in [5.74, 6) is -0.340. The van der Waals surface area contributed by atoms with Crippen LogP contribution in [0.3, 0.4) is 0 Å². The first-order chi connectivity index (χ1) is 12.1. The van der Waals surface area contributed by atoms with E-state index < -0.39 is 9.53 Å². The quantitative estimate of drug-likeness (QED) is 0.157. The molecule has 0 aliphatic heterocycles. The van der Waals surface area contributed by atoms with Gasteiger partial charge in [-0.15, -0.1) is 6.58 Å². The summed E-state index contributed by atoms with van der Waals surface area (Å²) in [6, 6.07) is 1.07. The van der Waals surface area contributed by atoms with Crippen molar-refractivity contribution in [1.29, 1.82) is 0 Å². The molecule has 0 N–H and O–H groups in total. The van der Waals surface area contributed by atoms with Crippen LogP contribution in [0.2, 0.25) is 6.04 Å². The SMILES string of the molecule is C=CC.C=CC(=O)OCCC[SiH2]OCC.CCO[SiH](OCC)OCC.